The van der Waals surface area contributed by atoms with E-state index in [-0.39, 0.29) is 17.4 Å². The van der Waals surface area contributed by atoms with E-state index in [2.05, 4.69) is 17.3 Å². The minimum absolute atomic E-state index is 0.114. The van der Waals surface area contributed by atoms with Crippen LogP contribution in [0.2, 0.25) is 0 Å². The Balaban J connectivity index is 1.44. The number of aromatic nitrogens is 2. The molecule has 0 aliphatic carbocycles. The van der Waals surface area contributed by atoms with Gasteiger partial charge in [-0.2, -0.15) is 5.10 Å². The van der Waals surface area contributed by atoms with Crippen molar-refractivity contribution in [3.63, 3.8) is 0 Å². The second-order valence-electron chi connectivity index (χ2n) is 8.93. The fraction of sp³-hybridized carbons (Fsp3) is 0.722. The zero-order valence-electron chi connectivity index (χ0n) is 15.9. The normalized spacial score (nSPS) is 24.6. The summed E-state index contributed by atoms with van der Waals surface area (Å²) in [6, 6.07) is 0.380. The monoisotopic (exact) mass is 361 g/mol. The highest BCUT2D eigenvalue weighted by Crippen LogP contribution is 2.43. The van der Waals surface area contributed by atoms with Crippen LogP contribution in [0.5, 0.6) is 0 Å². The van der Waals surface area contributed by atoms with Gasteiger partial charge in [-0.3, -0.25) is 9.48 Å². The summed E-state index contributed by atoms with van der Waals surface area (Å²) >= 11 is 0. The Hall–Kier alpha value is -2.09. The first kappa shape index (κ1) is 17.3. The molecule has 4 rings (SSSR count). The Morgan fingerprint density at radius 1 is 1.35 bits per heavy atom. The molecule has 26 heavy (non-hydrogen) atoms. The van der Waals surface area contributed by atoms with Crippen LogP contribution in [-0.2, 0) is 22.6 Å². The second-order valence-corrected chi connectivity index (χ2v) is 8.93. The van der Waals surface area contributed by atoms with Gasteiger partial charge in [-0.05, 0) is 27.7 Å². The standard InChI is InChI=1S/C18H27N5O3/c1-12-8-23-14(6-19-12)13(7-20-23)22-11-18(5-15(22)24)9-21(10-18)16(25)26-17(2,3)4/h7,12,19H,5-6,8-11H2,1-4H3/t12-/m0/s1. The summed E-state index contributed by atoms with van der Waals surface area (Å²) in [7, 11) is 0. The van der Waals surface area contributed by atoms with Gasteiger partial charge in [-0.1, -0.05) is 0 Å². The lowest BCUT2D eigenvalue weighted by molar-refractivity contribution is -0.119. The molecule has 0 radical (unpaired) electrons. The quantitative estimate of drug-likeness (QED) is 0.817. The lowest BCUT2D eigenvalue weighted by Gasteiger charge is -2.47. The van der Waals surface area contributed by atoms with Crippen molar-refractivity contribution in [2.24, 2.45) is 5.41 Å². The molecule has 3 aliphatic rings. The fourth-order valence-corrected chi connectivity index (χ4v) is 4.11. The highest BCUT2D eigenvalue weighted by molar-refractivity contribution is 5.97. The van der Waals surface area contributed by atoms with Crippen LogP contribution in [0.25, 0.3) is 0 Å². The molecule has 8 heteroatoms. The zero-order chi connectivity index (χ0) is 18.7. The van der Waals surface area contributed by atoms with E-state index in [1.54, 1.807) is 11.1 Å². The van der Waals surface area contributed by atoms with Crippen LogP contribution in [0.1, 0.15) is 39.8 Å². The fourth-order valence-electron chi connectivity index (χ4n) is 4.11. The van der Waals surface area contributed by atoms with Crippen molar-refractivity contribution < 1.29 is 14.3 Å². The second kappa shape index (κ2) is 5.70. The highest BCUT2D eigenvalue weighted by atomic mass is 16.6. The summed E-state index contributed by atoms with van der Waals surface area (Å²) in [4.78, 5) is 28.4. The third-order valence-corrected chi connectivity index (χ3v) is 5.31. The number of nitrogens with zero attached hydrogens (tertiary/aromatic N) is 4. The minimum atomic E-state index is -0.501. The molecule has 2 amide bonds. The Labute approximate surface area is 153 Å². The van der Waals surface area contributed by atoms with Gasteiger partial charge in [0.25, 0.3) is 0 Å². The summed E-state index contributed by atoms with van der Waals surface area (Å²) in [5.41, 5.74) is 1.32. The number of fused-ring (bicyclic) bond motifs is 1. The number of carbonyl (C=O) groups excluding carboxylic acids is 2. The van der Waals surface area contributed by atoms with Crippen LogP contribution < -0.4 is 10.2 Å². The molecule has 2 saturated heterocycles. The molecule has 0 saturated carbocycles. The van der Waals surface area contributed by atoms with E-state index in [1.165, 1.54) is 0 Å². The maximum absolute atomic E-state index is 12.7. The Bertz CT molecular complexity index is 744. The van der Waals surface area contributed by atoms with Gasteiger partial charge in [-0.15, -0.1) is 0 Å². The van der Waals surface area contributed by atoms with Crippen LogP contribution in [0, 0.1) is 5.41 Å². The first-order valence-corrected chi connectivity index (χ1v) is 9.22. The molecule has 142 valence electrons. The molecular formula is C18H27N5O3. The topological polar surface area (TPSA) is 79.7 Å². The first-order chi connectivity index (χ1) is 12.2. The van der Waals surface area contributed by atoms with Crippen LogP contribution in [0.3, 0.4) is 0 Å². The molecule has 4 heterocycles. The summed E-state index contributed by atoms with van der Waals surface area (Å²) in [6.07, 6.45) is 1.98. The molecule has 1 spiro atoms. The summed E-state index contributed by atoms with van der Waals surface area (Å²) in [6.45, 7) is 11.0. The largest absolute Gasteiger partial charge is 0.444 e. The maximum atomic E-state index is 12.7. The number of rotatable bonds is 1. The molecule has 8 nitrogen and oxygen atoms in total. The number of ether oxygens (including phenoxy) is 1. The Kier molecular flexibility index (Phi) is 3.80. The van der Waals surface area contributed by atoms with E-state index >= 15 is 0 Å². The third-order valence-electron chi connectivity index (χ3n) is 5.31. The summed E-state index contributed by atoms with van der Waals surface area (Å²) in [5, 5.41) is 7.89. The predicted octanol–water partition coefficient (Wildman–Crippen LogP) is 1.35. The predicted molar refractivity (Wildman–Crippen MR) is 95.7 cm³/mol. The van der Waals surface area contributed by atoms with Crippen LogP contribution in [-0.4, -0.2) is 58.0 Å². The van der Waals surface area contributed by atoms with Crippen molar-refractivity contribution in [2.75, 3.05) is 24.5 Å². The number of hydrogen-bond donors (Lipinski definition) is 1. The van der Waals surface area contributed by atoms with Gasteiger partial charge in [0, 0.05) is 44.1 Å². The van der Waals surface area contributed by atoms with Crippen molar-refractivity contribution in [3.8, 4) is 0 Å². The molecule has 1 atom stereocenters. The number of amides is 2. The summed E-state index contributed by atoms with van der Waals surface area (Å²) in [5.74, 6) is 0.114. The van der Waals surface area contributed by atoms with Gasteiger partial charge in [0.15, 0.2) is 0 Å². The number of nitrogens with one attached hydrogen (secondary N) is 1. The first-order valence-electron chi connectivity index (χ1n) is 9.22. The van der Waals surface area contributed by atoms with E-state index < -0.39 is 5.60 Å². The number of hydrogen-bond acceptors (Lipinski definition) is 5. The van der Waals surface area contributed by atoms with Crippen molar-refractivity contribution in [1.82, 2.24) is 20.0 Å². The van der Waals surface area contributed by atoms with E-state index in [0.717, 1.165) is 24.5 Å². The van der Waals surface area contributed by atoms with Crippen LogP contribution in [0.4, 0.5) is 10.5 Å². The molecule has 0 bridgehead atoms. The molecule has 1 aromatic rings. The van der Waals surface area contributed by atoms with Gasteiger partial charge < -0.3 is 19.9 Å². The van der Waals surface area contributed by atoms with Gasteiger partial charge in [0.1, 0.15) is 5.60 Å². The summed E-state index contributed by atoms with van der Waals surface area (Å²) < 4.78 is 7.41. The molecule has 1 aromatic heterocycles. The smallest absolute Gasteiger partial charge is 0.410 e. The van der Waals surface area contributed by atoms with Crippen molar-refractivity contribution in [1.29, 1.82) is 0 Å². The van der Waals surface area contributed by atoms with E-state index in [4.69, 9.17) is 4.74 Å². The lowest BCUT2D eigenvalue weighted by Crippen LogP contribution is -2.60. The van der Waals surface area contributed by atoms with Gasteiger partial charge in [0.2, 0.25) is 5.91 Å². The zero-order valence-corrected chi connectivity index (χ0v) is 15.9. The molecular weight excluding hydrogens is 334 g/mol. The van der Waals surface area contributed by atoms with Crippen LogP contribution >= 0.6 is 0 Å². The van der Waals surface area contributed by atoms with E-state index in [1.807, 2.05) is 30.4 Å². The van der Waals surface area contributed by atoms with E-state index in [9.17, 15) is 9.59 Å². The number of anilines is 1. The average molecular weight is 361 g/mol. The molecule has 1 N–H and O–H groups in total. The van der Waals surface area contributed by atoms with E-state index in [0.29, 0.717) is 32.1 Å². The van der Waals surface area contributed by atoms with Gasteiger partial charge >= 0.3 is 6.09 Å². The highest BCUT2D eigenvalue weighted by Gasteiger charge is 2.54. The lowest BCUT2D eigenvalue weighted by atomic mass is 9.79. The SMILES string of the molecule is C[C@H]1Cn2ncc(N3CC4(CC3=O)CN(C(=O)OC(C)(C)C)C4)c2CN1. The third kappa shape index (κ3) is 2.96. The Morgan fingerprint density at radius 3 is 2.77 bits per heavy atom. The Morgan fingerprint density at radius 2 is 2.08 bits per heavy atom. The van der Waals surface area contributed by atoms with Crippen molar-refractivity contribution >= 4 is 17.7 Å². The average Bonchev–Trinajstić information content (AvgIpc) is 3.04. The number of likely N-dealkylation sites (tertiary alicyclic amines) is 1. The molecule has 0 aromatic carbocycles. The van der Waals surface area contributed by atoms with Crippen LogP contribution in [0.15, 0.2) is 6.20 Å². The molecule has 0 unspecified atom stereocenters. The van der Waals surface area contributed by atoms with Crippen molar-refractivity contribution in [3.05, 3.63) is 11.9 Å². The van der Waals surface area contributed by atoms with Crippen molar-refractivity contribution in [2.45, 2.75) is 58.8 Å². The van der Waals surface area contributed by atoms with Gasteiger partial charge in [0.05, 0.1) is 24.1 Å². The van der Waals surface area contributed by atoms with Gasteiger partial charge in [-0.25, -0.2) is 4.79 Å². The molecule has 2 fully saturated rings. The molecule has 3 aliphatic heterocycles. The number of carbonyl (C=O) groups is 2. The minimum Gasteiger partial charge on any atom is -0.444 e. The maximum Gasteiger partial charge on any atom is 0.410 e.